The van der Waals surface area contributed by atoms with Gasteiger partial charge in [0.05, 0.1) is 6.04 Å². The van der Waals surface area contributed by atoms with Crippen LogP contribution < -0.4 is 21.7 Å². The number of hydrogen-bond acceptors (Lipinski definition) is 8. The number of carboxylic acid groups (broad SMARTS) is 1. The van der Waals surface area contributed by atoms with Crippen molar-refractivity contribution in [3.05, 3.63) is 65.7 Å². The lowest BCUT2D eigenvalue weighted by Crippen LogP contribution is -2.58. The highest BCUT2D eigenvalue weighted by Crippen LogP contribution is 2.12. The zero-order valence-corrected chi connectivity index (χ0v) is 21.1. The summed E-state index contributed by atoms with van der Waals surface area (Å²) in [6.45, 7) is 0. The van der Waals surface area contributed by atoms with E-state index in [-0.39, 0.29) is 30.1 Å². The lowest BCUT2D eigenvalue weighted by molar-refractivity contribution is -0.141. The number of phenols is 1. The first-order valence-electron chi connectivity index (χ1n) is 11.1. The van der Waals surface area contributed by atoms with E-state index in [9.17, 15) is 29.4 Å². The van der Waals surface area contributed by atoms with Crippen molar-refractivity contribution in [3.8, 4) is 5.75 Å². The first-order valence-corrected chi connectivity index (χ1v) is 12.3. The molecule has 0 aliphatic rings. The number of thiol groups is 2. The molecule has 0 aliphatic carbocycles. The van der Waals surface area contributed by atoms with Gasteiger partial charge >= 0.3 is 5.97 Å². The van der Waals surface area contributed by atoms with Crippen molar-refractivity contribution in [2.45, 2.75) is 37.0 Å². The van der Waals surface area contributed by atoms with Gasteiger partial charge in [-0.2, -0.15) is 25.3 Å². The van der Waals surface area contributed by atoms with Crippen LogP contribution in [-0.2, 0) is 32.0 Å². The summed E-state index contributed by atoms with van der Waals surface area (Å²) >= 11 is 7.98. The highest BCUT2D eigenvalue weighted by Gasteiger charge is 2.30. The Morgan fingerprint density at radius 1 is 0.722 bits per heavy atom. The molecular weight excluding hydrogens is 504 g/mol. The van der Waals surface area contributed by atoms with Crippen LogP contribution in [0.1, 0.15) is 11.1 Å². The van der Waals surface area contributed by atoms with Crippen molar-refractivity contribution < 1.29 is 29.4 Å². The molecule has 4 unspecified atom stereocenters. The topological polar surface area (TPSA) is 171 Å². The van der Waals surface area contributed by atoms with E-state index in [0.29, 0.717) is 5.56 Å². The molecule has 0 fully saturated rings. The summed E-state index contributed by atoms with van der Waals surface area (Å²) in [6, 6.07) is 10.5. The van der Waals surface area contributed by atoms with E-state index in [1.165, 1.54) is 12.1 Å². The number of aromatic hydroxyl groups is 1. The van der Waals surface area contributed by atoms with Crippen LogP contribution in [0, 0.1) is 0 Å². The highest BCUT2D eigenvalue weighted by atomic mass is 32.1. The quantitative estimate of drug-likeness (QED) is 0.166. The number of aliphatic carboxylic acids is 1. The molecule has 0 bridgehead atoms. The number of amides is 3. The fraction of sp³-hybridized carbons (Fsp3) is 0.333. The standard InChI is InChI=1S/C24H30N4O6S2/c25-17(12-35)21(30)26-18(10-14-4-2-1-3-5-14)22(31)27-19(11-15-6-8-16(29)9-7-15)23(32)28-20(13-36)24(33)34/h1-9,17-20,29,35-36H,10-13,25H2,(H,26,30)(H,27,31)(H,28,32)(H,33,34). The molecule has 36 heavy (non-hydrogen) atoms. The Labute approximate surface area is 219 Å². The minimum atomic E-state index is -1.27. The van der Waals surface area contributed by atoms with E-state index in [1.54, 1.807) is 36.4 Å². The summed E-state index contributed by atoms with van der Waals surface area (Å²) < 4.78 is 0. The van der Waals surface area contributed by atoms with Gasteiger partial charge in [-0.15, -0.1) is 0 Å². The molecule has 0 heterocycles. The summed E-state index contributed by atoms with van der Waals surface area (Å²) in [7, 11) is 0. The van der Waals surface area contributed by atoms with Crippen molar-refractivity contribution in [1.82, 2.24) is 16.0 Å². The number of rotatable bonds is 13. The summed E-state index contributed by atoms with van der Waals surface area (Å²) in [5.74, 6) is -3.32. The second-order valence-electron chi connectivity index (χ2n) is 8.05. The average molecular weight is 535 g/mol. The van der Waals surface area contributed by atoms with E-state index in [1.807, 2.05) is 6.07 Å². The Morgan fingerprint density at radius 2 is 1.19 bits per heavy atom. The molecule has 0 radical (unpaired) electrons. The van der Waals surface area contributed by atoms with Crippen molar-refractivity contribution in [3.63, 3.8) is 0 Å². The van der Waals surface area contributed by atoms with E-state index in [2.05, 4.69) is 41.2 Å². The molecule has 4 atom stereocenters. The molecule has 194 valence electrons. The van der Waals surface area contributed by atoms with Crippen molar-refractivity contribution in [2.75, 3.05) is 11.5 Å². The molecule has 0 saturated heterocycles. The number of carbonyl (C=O) groups is 4. The predicted molar refractivity (Wildman–Crippen MR) is 141 cm³/mol. The molecule has 2 aromatic carbocycles. The van der Waals surface area contributed by atoms with Crippen LogP contribution in [-0.4, -0.2) is 69.6 Å². The molecule has 2 aromatic rings. The van der Waals surface area contributed by atoms with Gasteiger partial charge < -0.3 is 31.9 Å². The van der Waals surface area contributed by atoms with Gasteiger partial charge in [0.1, 0.15) is 23.9 Å². The maximum Gasteiger partial charge on any atom is 0.327 e. The third-order valence-corrected chi connectivity index (χ3v) is 6.01. The van der Waals surface area contributed by atoms with Crippen LogP contribution >= 0.6 is 25.3 Å². The van der Waals surface area contributed by atoms with E-state index >= 15 is 0 Å². The third kappa shape index (κ3) is 9.10. The van der Waals surface area contributed by atoms with Gasteiger partial charge in [-0.1, -0.05) is 42.5 Å². The van der Waals surface area contributed by atoms with E-state index in [0.717, 1.165) is 5.56 Å². The molecule has 7 N–H and O–H groups in total. The number of nitrogens with two attached hydrogens (primary N) is 1. The molecule has 2 rings (SSSR count). The van der Waals surface area contributed by atoms with Crippen LogP contribution in [0.5, 0.6) is 5.75 Å². The zero-order chi connectivity index (χ0) is 26.7. The van der Waals surface area contributed by atoms with Crippen molar-refractivity contribution in [2.24, 2.45) is 5.73 Å². The van der Waals surface area contributed by atoms with Crippen LogP contribution in [0.15, 0.2) is 54.6 Å². The van der Waals surface area contributed by atoms with Gasteiger partial charge in [0.25, 0.3) is 0 Å². The Balaban J connectivity index is 2.29. The average Bonchev–Trinajstić information content (AvgIpc) is 2.87. The van der Waals surface area contributed by atoms with Crippen LogP contribution in [0.2, 0.25) is 0 Å². The van der Waals surface area contributed by atoms with Gasteiger partial charge in [-0.05, 0) is 23.3 Å². The monoisotopic (exact) mass is 534 g/mol. The van der Waals surface area contributed by atoms with Gasteiger partial charge in [0.15, 0.2) is 0 Å². The molecule has 0 aromatic heterocycles. The Hall–Kier alpha value is -3.22. The summed E-state index contributed by atoms with van der Waals surface area (Å²) in [5, 5.41) is 26.4. The van der Waals surface area contributed by atoms with Crippen LogP contribution in [0.3, 0.4) is 0 Å². The number of carboxylic acids is 1. The second-order valence-corrected chi connectivity index (χ2v) is 8.78. The van der Waals surface area contributed by atoms with Crippen LogP contribution in [0.4, 0.5) is 0 Å². The number of hydrogen-bond donors (Lipinski definition) is 8. The SMILES string of the molecule is NC(CS)C(=O)NC(Cc1ccccc1)C(=O)NC(Cc1ccc(O)cc1)C(=O)NC(CS)C(=O)O. The lowest BCUT2D eigenvalue weighted by atomic mass is 10.0. The number of phenolic OH excluding ortho intramolecular Hbond substituents is 1. The minimum absolute atomic E-state index is 0.00107. The summed E-state index contributed by atoms with van der Waals surface area (Å²) in [5.41, 5.74) is 7.12. The first kappa shape index (κ1) is 29.0. The first-order chi connectivity index (χ1) is 17.1. The molecule has 10 nitrogen and oxygen atoms in total. The molecule has 3 amide bonds. The van der Waals surface area contributed by atoms with Gasteiger partial charge in [-0.25, -0.2) is 4.79 Å². The third-order valence-electron chi connectivity index (χ3n) is 5.26. The summed E-state index contributed by atoms with van der Waals surface area (Å²) in [6.07, 6.45) is 0.124. The maximum absolute atomic E-state index is 13.3. The number of nitrogens with one attached hydrogen (secondary N) is 3. The largest absolute Gasteiger partial charge is 0.508 e. The van der Waals surface area contributed by atoms with E-state index < -0.39 is 47.9 Å². The fourth-order valence-corrected chi connectivity index (χ4v) is 3.64. The summed E-state index contributed by atoms with van der Waals surface area (Å²) in [4.78, 5) is 50.1. The zero-order valence-electron chi connectivity index (χ0n) is 19.3. The van der Waals surface area contributed by atoms with Gasteiger partial charge in [-0.3, -0.25) is 14.4 Å². The number of benzene rings is 2. The van der Waals surface area contributed by atoms with Gasteiger partial charge in [0, 0.05) is 24.3 Å². The molecule has 0 spiro atoms. The van der Waals surface area contributed by atoms with Crippen LogP contribution in [0.25, 0.3) is 0 Å². The van der Waals surface area contributed by atoms with Crippen molar-refractivity contribution in [1.29, 1.82) is 0 Å². The highest BCUT2D eigenvalue weighted by molar-refractivity contribution is 7.80. The predicted octanol–water partition coefficient (Wildman–Crippen LogP) is -0.0967. The molecule has 12 heteroatoms. The number of carbonyl (C=O) groups excluding carboxylic acids is 3. The smallest absolute Gasteiger partial charge is 0.327 e. The normalized spacial score (nSPS) is 14.1. The van der Waals surface area contributed by atoms with Gasteiger partial charge in [0.2, 0.25) is 17.7 Å². The minimum Gasteiger partial charge on any atom is -0.508 e. The fourth-order valence-electron chi connectivity index (χ4n) is 3.23. The second kappa shape index (κ2) is 14.4. The molecule has 0 aliphatic heterocycles. The van der Waals surface area contributed by atoms with E-state index in [4.69, 9.17) is 5.73 Å². The Kier molecular flexibility index (Phi) is 11.6. The van der Waals surface area contributed by atoms with Crippen molar-refractivity contribution >= 4 is 48.9 Å². The molecular formula is C24H30N4O6S2. The lowest BCUT2D eigenvalue weighted by Gasteiger charge is -2.25. The molecule has 0 saturated carbocycles. The Morgan fingerprint density at radius 3 is 1.67 bits per heavy atom. The Bertz CT molecular complexity index is 1040. The maximum atomic E-state index is 13.3.